The number of hydrogen-bond acceptors (Lipinski definition) is 7. The summed E-state index contributed by atoms with van der Waals surface area (Å²) < 4.78 is 10.4. The Bertz CT molecular complexity index is 1250. The molecule has 0 radical (unpaired) electrons. The van der Waals surface area contributed by atoms with Crippen LogP contribution in [0.25, 0.3) is 11.1 Å². The van der Waals surface area contributed by atoms with Gasteiger partial charge in [0.25, 0.3) is 0 Å². The number of methoxy groups -OCH3 is 1. The summed E-state index contributed by atoms with van der Waals surface area (Å²) in [6, 6.07) is 14.9. The van der Waals surface area contributed by atoms with Gasteiger partial charge in [0.15, 0.2) is 5.78 Å². The molecule has 0 heterocycles. The highest BCUT2D eigenvalue weighted by Gasteiger charge is 2.34. The number of amides is 1. The molecule has 37 heavy (non-hydrogen) atoms. The summed E-state index contributed by atoms with van der Waals surface area (Å²) in [5.41, 5.74) is 4.53. The highest BCUT2D eigenvalue weighted by atomic mass is 16.6. The summed E-state index contributed by atoms with van der Waals surface area (Å²) >= 11 is 0. The predicted octanol–water partition coefficient (Wildman–Crippen LogP) is 4.73. The van der Waals surface area contributed by atoms with Crippen LogP contribution in [0.5, 0.6) is 0 Å². The van der Waals surface area contributed by atoms with Gasteiger partial charge in [0.1, 0.15) is 18.4 Å². The number of nitrogens with zero attached hydrogens (tertiary/aromatic N) is 1. The minimum absolute atomic E-state index is 0.0124. The SMILES string of the molecule is COC(=O)C(CN=C(C)C1=C(O)CC(C)(C)CC1=O)NC(=O)OCC1c2ccccc2-c2ccccc21. The average molecular weight is 505 g/mol. The second-order valence-electron chi connectivity index (χ2n) is 10.2. The molecule has 2 aromatic carbocycles. The fourth-order valence-electron chi connectivity index (χ4n) is 5.11. The van der Waals surface area contributed by atoms with Gasteiger partial charge in [-0.3, -0.25) is 9.79 Å². The quantitative estimate of drug-likeness (QED) is 0.416. The van der Waals surface area contributed by atoms with Gasteiger partial charge >= 0.3 is 12.1 Å². The number of aliphatic imine (C=N–C) groups is 1. The van der Waals surface area contributed by atoms with Gasteiger partial charge in [0.05, 0.1) is 19.2 Å². The van der Waals surface area contributed by atoms with E-state index < -0.39 is 18.1 Å². The summed E-state index contributed by atoms with van der Waals surface area (Å²) in [6.45, 7) is 5.35. The number of alkyl carbamates (subject to hydrolysis) is 1. The largest absolute Gasteiger partial charge is 0.511 e. The Balaban J connectivity index is 1.43. The van der Waals surface area contributed by atoms with Gasteiger partial charge in [0, 0.05) is 24.5 Å². The first-order valence-corrected chi connectivity index (χ1v) is 12.3. The normalized spacial score (nSPS) is 17.6. The topological polar surface area (TPSA) is 114 Å². The smallest absolute Gasteiger partial charge is 0.407 e. The zero-order valence-corrected chi connectivity index (χ0v) is 21.5. The van der Waals surface area contributed by atoms with Crippen LogP contribution in [0, 0.1) is 5.41 Å². The summed E-state index contributed by atoms with van der Waals surface area (Å²) in [5, 5.41) is 12.9. The van der Waals surface area contributed by atoms with Crippen LogP contribution in [0.4, 0.5) is 4.79 Å². The number of carbonyl (C=O) groups excluding carboxylic acids is 3. The lowest BCUT2D eigenvalue weighted by Gasteiger charge is -2.29. The molecular formula is C29H32N2O6. The number of ketones is 1. The number of fused-ring (bicyclic) bond motifs is 3. The van der Waals surface area contributed by atoms with Crippen molar-refractivity contribution in [2.45, 2.75) is 45.6 Å². The number of esters is 1. The number of hydrogen-bond donors (Lipinski definition) is 2. The third-order valence-corrected chi connectivity index (χ3v) is 6.85. The molecule has 8 heteroatoms. The van der Waals surface area contributed by atoms with E-state index >= 15 is 0 Å². The molecule has 0 aliphatic heterocycles. The van der Waals surface area contributed by atoms with Crippen molar-refractivity contribution >= 4 is 23.6 Å². The molecule has 0 fully saturated rings. The van der Waals surface area contributed by atoms with E-state index in [-0.39, 0.29) is 48.0 Å². The van der Waals surface area contributed by atoms with Crippen LogP contribution >= 0.6 is 0 Å². The molecule has 2 aliphatic rings. The molecule has 0 aromatic heterocycles. The first kappa shape index (κ1) is 26.1. The van der Waals surface area contributed by atoms with Gasteiger partial charge in [-0.15, -0.1) is 0 Å². The molecule has 2 aromatic rings. The lowest BCUT2D eigenvalue weighted by molar-refractivity contribution is -0.142. The fourth-order valence-corrected chi connectivity index (χ4v) is 5.11. The second-order valence-corrected chi connectivity index (χ2v) is 10.2. The lowest BCUT2D eigenvalue weighted by Crippen LogP contribution is -2.44. The number of benzene rings is 2. The minimum Gasteiger partial charge on any atom is -0.511 e. The molecule has 1 unspecified atom stereocenters. The number of ether oxygens (including phenoxy) is 2. The van der Waals surface area contributed by atoms with E-state index in [1.54, 1.807) is 6.92 Å². The summed E-state index contributed by atoms with van der Waals surface area (Å²) in [7, 11) is 1.21. The molecule has 2 aliphatic carbocycles. The number of nitrogens with one attached hydrogen (secondary N) is 1. The Morgan fingerprint density at radius 2 is 1.68 bits per heavy atom. The number of aliphatic hydroxyl groups is 1. The van der Waals surface area contributed by atoms with Crippen LogP contribution in [0.15, 0.2) is 64.9 Å². The third kappa shape index (κ3) is 5.58. The average Bonchev–Trinajstić information content (AvgIpc) is 3.17. The zero-order valence-electron chi connectivity index (χ0n) is 21.5. The maximum Gasteiger partial charge on any atom is 0.407 e. The van der Waals surface area contributed by atoms with Crippen molar-refractivity contribution < 1.29 is 29.0 Å². The third-order valence-electron chi connectivity index (χ3n) is 6.85. The first-order chi connectivity index (χ1) is 17.6. The van der Waals surface area contributed by atoms with Crippen LogP contribution in [-0.2, 0) is 19.1 Å². The highest BCUT2D eigenvalue weighted by Crippen LogP contribution is 2.44. The van der Waals surface area contributed by atoms with Crippen molar-refractivity contribution in [3.63, 3.8) is 0 Å². The van der Waals surface area contributed by atoms with E-state index in [1.807, 2.05) is 62.4 Å². The molecule has 2 N–H and O–H groups in total. The predicted molar refractivity (Wildman–Crippen MR) is 140 cm³/mol. The summed E-state index contributed by atoms with van der Waals surface area (Å²) in [4.78, 5) is 41.9. The number of Topliss-reactive ketones (excluding diaryl/α,β-unsaturated/α-hetero) is 1. The molecule has 0 saturated carbocycles. The molecule has 0 bridgehead atoms. The van der Waals surface area contributed by atoms with Crippen LogP contribution in [-0.4, -0.2) is 55.0 Å². The Kier molecular flexibility index (Phi) is 7.47. The zero-order chi connectivity index (χ0) is 26.7. The minimum atomic E-state index is -1.12. The van der Waals surface area contributed by atoms with E-state index in [0.29, 0.717) is 12.1 Å². The molecule has 194 valence electrons. The van der Waals surface area contributed by atoms with Crippen molar-refractivity contribution in [2.75, 3.05) is 20.3 Å². The monoisotopic (exact) mass is 504 g/mol. The van der Waals surface area contributed by atoms with Gasteiger partial charge in [-0.25, -0.2) is 9.59 Å². The summed E-state index contributed by atoms with van der Waals surface area (Å²) in [5.74, 6) is -1.03. The lowest BCUT2D eigenvalue weighted by atomic mass is 9.76. The van der Waals surface area contributed by atoms with Crippen LogP contribution in [0.1, 0.15) is 50.7 Å². The Morgan fingerprint density at radius 1 is 1.08 bits per heavy atom. The molecule has 4 rings (SSSR count). The fraction of sp³-hybridized carbons (Fsp3) is 0.379. The van der Waals surface area contributed by atoms with Gasteiger partial charge in [-0.1, -0.05) is 62.4 Å². The maximum absolute atomic E-state index is 12.7. The molecule has 0 saturated heterocycles. The van der Waals surface area contributed by atoms with Crippen LogP contribution in [0.3, 0.4) is 0 Å². The van der Waals surface area contributed by atoms with Crippen molar-refractivity contribution in [3.05, 3.63) is 71.0 Å². The number of allylic oxidation sites excluding steroid dienone is 2. The Labute approximate surface area is 216 Å². The van der Waals surface area contributed by atoms with Crippen molar-refractivity contribution in [1.29, 1.82) is 0 Å². The number of carbonyl (C=O) groups is 3. The molecule has 0 spiro atoms. The number of aliphatic hydroxyl groups excluding tert-OH is 1. The molecule has 8 nitrogen and oxygen atoms in total. The van der Waals surface area contributed by atoms with Crippen LogP contribution < -0.4 is 5.32 Å². The Hall–Kier alpha value is -3.94. The first-order valence-electron chi connectivity index (χ1n) is 12.3. The number of rotatable bonds is 7. The molecular weight excluding hydrogens is 472 g/mol. The van der Waals surface area contributed by atoms with Gasteiger partial charge in [0.2, 0.25) is 0 Å². The summed E-state index contributed by atoms with van der Waals surface area (Å²) in [6.07, 6.45) is -0.125. The Morgan fingerprint density at radius 3 is 2.24 bits per heavy atom. The van der Waals surface area contributed by atoms with Crippen molar-refractivity contribution in [1.82, 2.24) is 5.32 Å². The van der Waals surface area contributed by atoms with E-state index in [2.05, 4.69) is 10.3 Å². The van der Waals surface area contributed by atoms with E-state index in [0.717, 1.165) is 22.3 Å². The molecule has 1 amide bonds. The second kappa shape index (κ2) is 10.6. The van der Waals surface area contributed by atoms with Crippen molar-refractivity contribution in [2.24, 2.45) is 10.4 Å². The van der Waals surface area contributed by atoms with Crippen LogP contribution in [0.2, 0.25) is 0 Å². The van der Waals surface area contributed by atoms with E-state index in [1.165, 1.54) is 7.11 Å². The van der Waals surface area contributed by atoms with E-state index in [4.69, 9.17) is 9.47 Å². The van der Waals surface area contributed by atoms with E-state index in [9.17, 15) is 19.5 Å². The van der Waals surface area contributed by atoms with Gasteiger partial charge in [-0.2, -0.15) is 0 Å². The standard InChI is InChI=1S/C29H32N2O6/c1-17(26-24(32)13-29(2,3)14-25(26)33)30-15-23(27(34)36-4)31-28(35)37-16-22-20-11-7-5-9-18(20)19-10-6-8-12-21(19)22/h5-12,22-23,32H,13-16H2,1-4H3,(H,31,35). The van der Waals surface area contributed by atoms with Gasteiger partial charge < -0.3 is 19.9 Å². The maximum atomic E-state index is 12.7. The van der Waals surface area contributed by atoms with Crippen molar-refractivity contribution in [3.8, 4) is 11.1 Å². The van der Waals surface area contributed by atoms with Gasteiger partial charge in [-0.05, 0) is 34.6 Å². The molecule has 1 atom stereocenters. The highest BCUT2D eigenvalue weighted by molar-refractivity contribution is 6.22.